The molecular weight excluding hydrogens is 236 g/mol. The molecule has 0 bridgehead atoms. The smallest absolute Gasteiger partial charge is 0.264 e. The van der Waals surface area contributed by atoms with Crippen LogP contribution < -0.4 is 9.47 Å². The number of aryl methyl sites for hydroxylation is 1. The van der Waals surface area contributed by atoms with Gasteiger partial charge in [0.2, 0.25) is 0 Å². The van der Waals surface area contributed by atoms with Gasteiger partial charge in [0.05, 0.1) is 12.7 Å². The Bertz CT molecular complexity index is 551. The van der Waals surface area contributed by atoms with Crippen molar-refractivity contribution in [2.24, 2.45) is 0 Å². The van der Waals surface area contributed by atoms with Crippen molar-refractivity contribution < 1.29 is 18.8 Å². The molecule has 0 atom stereocenters. The van der Waals surface area contributed by atoms with Crippen LogP contribution in [0, 0.1) is 6.92 Å². The van der Waals surface area contributed by atoms with Crippen molar-refractivity contribution in [3.8, 4) is 11.5 Å². The fourth-order valence-corrected chi connectivity index (χ4v) is 1.47. The molecule has 0 fully saturated rings. The molecule has 1 aromatic carbocycles. The monoisotopic (exact) mass is 248 g/mol. The molecule has 0 saturated carbocycles. The lowest BCUT2D eigenvalue weighted by molar-refractivity contribution is 0.111. The number of methoxy groups -OCH3 is 1. The number of benzene rings is 1. The van der Waals surface area contributed by atoms with Gasteiger partial charge < -0.3 is 14.0 Å². The second-order valence-electron chi connectivity index (χ2n) is 3.52. The topological polar surface area (TPSA) is 74.5 Å². The molecule has 0 aliphatic carbocycles. The van der Waals surface area contributed by atoms with E-state index in [9.17, 15) is 4.79 Å². The van der Waals surface area contributed by atoms with E-state index in [1.165, 1.54) is 7.11 Å². The van der Waals surface area contributed by atoms with Crippen LogP contribution in [0.3, 0.4) is 0 Å². The SMILES string of the molecule is COc1cccc(C=O)c1OCc1nc(C)no1. The van der Waals surface area contributed by atoms with Crippen molar-refractivity contribution in [3.05, 3.63) is 35.5 Å². The van der Waals surface area contributed by atoms with E-state index in [-0.39, 0.29) is 6.61 Å². The van der Waals surface area contributed by atoms with E-state index in [4.69, 9.17) is 14.0 Å². The Morgan fingerprint density at radius 3 is 2.89 bits per heavy atom. The van der Waals surface area contributed by atoms with E-state index in [0.717, 1.165) is 0 Å². The van der Waals surface area contributed by atoms with Crippen LogP contribution in [0.1, 0.15) is 22.1 Å². The number of para-hydroxylation sites is 1. The molecule has 1 heterocycles. The van der Waals surface area contributed by atoms with Gasteiger partial charge in [0.1, 0.15) is 0 Å². The highest BCUT2D eigenvalue weighted by Gasteiger charge is 2.12. The molecule has 0 radical (unpaired) electrons. The van der Waals surface area contributed by atoms with Crippen LogP contribution in [0.15, 0.2) is 22.7 Å². The highest BCUT2D eigenvalue weighted by atomic mass is 16.5. The third-order valence-electron chi connectivity index (χ3n) is 2.27. The zero-order chi connectivity index (χ0) is 13.0. The van der Waals surface area contributed by atoms with Crippen molar-refractivity contribution >= 4 is 6.29 Å². The number of carbonyl (C=O) groups is 1. The predicted molar refractivity (Wildman–Crippen MR) is 61.7 cm³/mol. The second kappa shape index (κ2) is 5.31. The Kier molecular flexibility index (Phi) is 3.57. The van der Waals surface area contributed by atoms with E-state index in [2.05, 4.69) is 10.1 Å². The summed E-state index contributed by atoms with van der Waals surface area (Å²) >= 11 is 0. The number of nitrogens with zero attached hydrogens (tertiary/aromatic N) is 2. The molecule has 0 unspecified atom stereocenters. The van der Waals surface area contributed by atoms with Crippen LogP contribution in [0.5, 0.6) is 11.5 Å². The zero-order valence-corrected chi connectivity index (χ0v) is 10.0. The normalized spacial score (nSPS) is 10.1. The molecule has 1 aromatic heterocycles. The van der Waals surface area contributed by atoms with Gasteiger partial charge in [-0.1, -0.05) is 11.2 Å². The van der Waals surface area contributed by atoms with Crippen LogP contribution in [0.4, 0.5) is 0 Å². The van der Waals surface area contributed by atoms with E-state index in [1.54, 1.807) is 25.1 Å². The minimum absolute atomic E-state index is 0.0854. The number of aromatic nitrogens is 2. The Hall–Kier alpha value is -2.37. The summed E-state index contributed by atoms with van der Waals surface area (Å²) < 4.78 is 15.5. The average molecular weight is 248 g/mol. The molecule has 0 saturated heterocycles. The maximum absolute atomic E-state index is 10.9. The minimum Gasteiger partial charge on any atom is -0.493 e. The van der Waals surface area contributed by atoms with Crippen LogP contribution >= 0.6 is 0 Å². The third kappa shape index (κ3) is 2.48. The molecule has 18 heavy (non-hydrogen) atoms. The summed E-state index contributed by atoms with van der Waals surface area (Å²) in [6, 6.07) is 5.07. The molecule has 2 aromatic rings. The zero-order valence-electron chi connectivity index (χ0n) is 10.0. The lowest BCUT2D eigenvalue weighted by Crippen LogP contribution is -2.01. The molecule has 6 heteroatoms. The van der Waals surface area contributed by atoms with Gasteiger partial charge in [-0.15, -0.1) is 0 Å². The van der Waals surface area contributed by atoms with Gasteiger partial charge in [-0.25, -0.2) is 0 Å². The Balaban J connectivity index is 2.19. The van der Waals surface area contributed by atoms with Gasteiger partial charge in [0.25, 0.3) is 5.89 Å². The molecule has 0 amide bonds. The number of hydrogen-bond acceptors (Lipinski definition) is 6. The molecular formula is C12H12N2O4. The molecule has 2 rings (SSSR count). The highest BCUT2D eigenvalue weighted by molar-refractivity contribution is 5.81. The van der Waals surface area contributed by atoms with E-state index in [1.807, 2.05) is 0 Å². The lowest BCUT2D eigenvalue weighted by Gasteiger charge is -2.10. The molecule has 0 N–H and O–H groups in total. The summed E-state index contributed by atoms with van der Waals surface area (Å²) in [4.78, 5) is 14.9. The van der Waals surface area contributed by atoms with Gasteiger partial charge in [0.15, 0.2) is 30.2 Å². The molecule has 0 aliphatic heterocycles. The van der Waals surface area contributed by atoms with Gasteiger partial charge in [-0.05, 0) is 19.1 Å². The lowest BCUT2D eigenvalue weighted by atomic mass is 10.2. The number of ether oxygens (including phenoxy) is 2. The predicted octanol–water partition coefficient (Wildman–Crippen LogP) is 1.78. The largest absolute Gasteiger partial charge is 0.493 e. The van der Waals surface area contributed by atoms with Crippen LogP contribution in [0.25, 0.3) is 0 Å². The first kappa shape index (κ1) is 12.1. The summed E-state index contributed by atoms with van der Waals surface area (Å²) in [6.45, 7) is 1.80. The van der Waals surface area contributed by atoms with Gasteiger partial charge in [0, 0.05) is 0 Å². The van der Waals surface area contributed by atoms with Crippen molar-refractivity contribution in [1.82, 2.24) is 10.1 Å². The van der Waals surface area contributed by atoms with Crippen LogP contribution in [-0.4, -0.2) is 23.5 Å². The summed E-state index contributed by atoms with van der Waals surface area (Å²) in [5.41, 5.74) is 0.408. The first-order valence-corrected chi connectivity index (χ1v) is 5.28. The quantitative estimate of drug-likeness (QED) is 0.751. The molecule has 0 aliphatic rings. The molecule has 0 spiro atoms. The summed E-state index contributed by atoms with van der Waals surface area (Å²) in [6.07, 6.45) is 0.705. The Labute approximate surface area is 104 Å². The van der Waals surface area contributed by atoms with E-state index in [0.29, 0.717) is 35.1 Å². The number of hydrogen-bond donors (Lipinski definition) is 0. The van der Waals surface area contributed by atoms with Crippen molar-refractivity contribution in [1.29, 1.82) is 0 Å². The summed E-state index contributed by atoms with van der Waals surface area (Å²) in [7, 11) is 1.51. The number of rotatable bonds is 5. The van der Waals surface area contributed by atoms with Crippen LogP contribution in [0.2, 0.25) is 0 Å². The van der Waals surface area contributed by atoms with Gasteiger partial charge in [-0.2, -0.15) is 4.98 Å². The van der Waals surface area contributed by atoms with Gasteiger partial charge >= 0.3 is 0 Å². The molecule has 6 nitrogen and oxygen atoms in total. The Morgan fingerprint density at radius 2 is 2.28 bits per heavy atom. The van der Waals surface area contributed by atoms with Gasteiger partial charge in [-0.3, -0.25) is 4.79 Å². The van der Waals surface area contributed by atoms with Crippen molar-refractivity contribution in [2.75, 3.05) is 7.11 Å². The van der Waals surface area contributed by atoms with Crippen molar-refractivity contribution in [2.45, 2.75) is 13.5 Å². The second-order valence-corrected chi connectivity index (χ2v) is 3.52. The van der Waals surface area contributed by atoms with E-state index >= 15 is 0 Å². The minimum atomic E-state index is 0.0854. The molecule has 94 valence electrons. The standard InChI is InChI=1S/C12H12N2O4/c1-8-13-11(18-14-8)7-17-12-9(6-15)4-3-5-10(12)16-2/h3-6H,7H2,1-2H3. The number of aldehydes is 1. The maximum atomic E-state index is 10.9. The fraction of sp³-hybridized carbons (Fsp3) is 0.250. The van der Waals surface area contributed by atoms with Crippen LogP contribution in [-0.2, 0) is 6.61 Å². The Morgan fingerprint density at radius 1 is 1.44 bits per heavy atom. The van der Waals surface area contributed by atoms with E-state index < -0.39 is 0 Å². The third-order valence-corrected chi connectivity index (χ3v) is 2.27. The average Bonchev–Trinajstić information content (AvgIpc) is 2.81. The van der Waals surface area contributed by atoms with Crippen molar-refractivity contribution in [3.63, 3.8) is 0 Å². The number of carbonyl (C=O) groups excluding carboxylic acids is 1. The first-order chi connectivity index (χ1) is 8.74. The summed E-state index contributed by atoms with van der Waals surface area (Å²) in [5, 5.41) is 3.65. The first-order valence-electron chi connectivity index (χ1n) is 5.28. The maximum Gasteiger partial charge on any atom is 0.264 e. The fourth-order valence-electron chi connectivity index (χ4n) is 1.47. The summed E-state index contributed by atoms with van der Waals surface area (Å²) in [5.74, 6) is 1.72. The highest BCUT2D eigenvalue weighted by Crippen LogP contribution is 2.30.